The molecule has 0 amide bonds. The van der Waals surface area contributed by atoms with Crippen LogP contribution in [0.3, 0.4) is 0 Å². The molecule has 0 atom stereocenters. The molecule has 15 heavy (non-hydrogen) atoms. The van der Waals surface area contributed by atoms with Crippen LogP contribution in [0.2, 0.25) is 0 Å². The van der Waals surface area contributed by atoms with E-state index in [1.165, 1.54) is 9.13 Å². The highest BCUT2D eigenvalue weighted by atomic mass is 127. The Morgan fingerprint density at radius 2 is 2.07 bits per heavy atom. The van der Waals surface area contributed by atoms with Gasteiger partial charge in [0.25, 0.3) is 0 Å². The Balaban J connectivity index is 2.05. The number of ether oxygens (including phenoxy) is 1. The standard InChI is InChI=1S/C11H15IN2O/c12-11-2-1-10(13)7-9(11)8-14-3-5-15-6-4-14/h1-2,7H,3-6,8,13H2. The molecule has 82 valence electrons. The van der Waals surface area contributed by atoms with Crippen molar-refractivity contribution in [2.45, 2.75) is 6.54 Å². The molecule has 0 bridgehead atoms. The van der Waals surface area contributed by atoms with Crippen molar-refractivity contribution in [1.29, 1.82) is 0 Å². The molecule has 1 heterocycles. The maximum Gasteiger partial charge on any atom is 0.0594 e. The number of rotatable bonds is 2. The van der Waals surface area contributed by atoms with E-state index in [4.69, 9.17) is 10.5 Å². The van der Waals surface area contributed by atoms with Crippen LogP contribution in [0.1, 0.15) is 5.56 Å². The second kappa shape index (κ2) is 5.14. The summed E-state index contributed by atoms with van der Waals surface area (Å²) in [4.78, 5) is 2.40. The lowest BCUT2D eigenvalue weighted by Crippen LogP contribution is -2.35. The van der Waals surface area contributed by atoms with Gasteiger partial charge in [-0.25, -0.2) is 0 Å². The Morgan fingerprint density at radius 3 is 2.80 bits per heavy atom. The van der Waals surface area contributed by atoms with E-state index in [-0.39, 0.29) is 0 Å². The van der Waals surface area contributed by atoms with Gasteiger partial charge >= 0.3 is 0 Å². The maximum atomic E-state index is 5.79. The van der Waals surface area contributed by atoms with Crippen molar-refractivity contribution in [2.75, 3.05) is 32.0 Å². The molecule has 1 aromatic carbocycles. The number of nitrogen functional groups attached to an aromatic ring is 1. The zero-order valence-corrected chi connectivity index (χ0v) is 10.7. The van der Waals surface area contributed by atoms with Gasteiger partial charge in [0.2, 0.25) is 0 Å². The molecule has 2 rings (SSSR count). The molecule has 3 nitrogen and oxygen atoms in total. The fourth-order valence-electron chi connectivity index (χ4n) is 1.72. The molecule has 1 aliphatic rings. The Bertz CT molecular complexity index is 337. The third-order valence-electron chi connectivity index (χ3n) is 2.57. The van der Waals surface area contributed by atoms with E-state index in [1.807, 2.05) is 6.07 Å². The highest BCUT2D eigenvalue weighted by Gasteiger charge is 2.12. The van der Waals surface area contributed by atoms with Crippen LogP contribution < -0.4 is 5.73 Å². The Labute approximate surface area is 104 Å². The van der Waals surface area contributed by atoms with Crippen molar-refractivity contribution < 1.29 is 4.74 Å². The molecule has 1 aromatic rings. The molecule has 4 heteroatoms. The topological polar surface area (TPSA) is 38.5 Å². The van der Waals surface area contributed by atoms with Gasteiger partial charge in [-0.2, -0.15) is 0 Å². The molecule has 0 aliphatic carbocycles. The first-order chi connectivity index (χ1) is 7.25. The Kier molecular flexibility index (Phi) is 3.82. The fourth-order valence-corrected chi connectivity index (χ4v) is 2.22. The number of nitrogens with zero attached hydrogens (tertiary/aromatic N) is 1. The van der Waals surface area contributed by atoms with E-state index in [0.29, 0.717) is 0 Å². The fraction of sp³-hybridized carbons (Fsp3) is 0.455. The zero-order chi connectivity index (χ0) is 10.7. The van der Waals surface area contributed by atoms with E-state index in [0.717, 1.165) is 38.5 Å². The second-order valence-electron chi connectivity index (χ2n) is 3.74. The summed E-state index contributed by atoms with van der Waals surface area (Å²) < 4.78 is 6.61. The van der Waals surface area contributed by atoms with Gasteiger partial charge in [-0.05, 0) is 46.4 Å². The zero-order valence-electron chi connectivity index (χ0n) is 8.58. The van der Waals surface area contributed by atoms with Crippen molar-refractivity contribution in [3.63, 3.8) is 0 Å². The predicted molar refractivity (Wildman–Crippen MR) is 69.7 cm³/mol. The lowest BCUT2D eigenvalue weighted by Gasteiger charge is -2.27. The van der Waals surface area contributed by atoms with E-state index in [1.54, 1.807) is 0 Å². The number of nitrogens with two attached hydrogens (primary N) is 1. The molecule has 0 radical (unpaired) electrons. The van der Waals surface area contributed by atoms with E-state index >= 15 is 0 Å². The van der Waals surface area contributed by atoms with Crippen molar-refractivity contribution in [3.8, 4) is 0 Å². The smallest absolute Gasteiger partial charge is 0.0594 e. The van der Waals surface area contributed by atoms with Crippen molar-refractivity contribution >= 4 is 28.3 Å². The van der Waals surface area contributed by atoms with Gasteiger partial charge in [0, 0.05) is 28.9 Å². The van der Waals surface area contributed by atoms with E-state index < -0.39 is 0 Å². The van der Waals surface area contributed by atoms with E-state index in [2.05, 4.69) is 39.6 Å². The van der Waals surface area contributed by atoms with Gasteiger partial charge in [0.15, 0.2) is 0 Å². The Hall–Kier alpha value is -0.330. The number of hydrogen-bond donors (Lipinski definition) is 1. The lowest BCUT2D eigenvalue weighted by molar-refractivity contribution is 0.0341. The van der Waals surface area contributed by atoms with Gasteiger partial charge in [-0.15, -0.1) is 0 Å². The monoisotopic (exact) mass is 318 g/mol. The van der Waals surface area contributed by atoms with Crippen LogP contribution in [0.15, 0.2) is 18.2 Å². The summed E-state index contributed by atoms with van der Waals surface area (Å²) in [6.45, 7) is 4.71. The predicted octanol–water partition coefficient (Wildman–Crippen LogP) is 1.71. The average Bonchev–Trinajstić information content (AvgIpc) is 2.25. The van der Waals surface area contributed by atoms with Crippen molar-refractivity contribution in [2.24, 2.45) is 0 Å². The summed E-state index contributed by atoms with van der Waals surface area (Å²) in [6, 6.07) is 6.09. The largest absolute Gasteiger partial charge is 0.399 e. The molecule has 0 spiro atoms. The summed E-state index contributed by atoms with van der Waals surface area (Å²) in [5.74, 6) is 0. The Morgan fingerprint density at radius 1 is 1.33 bits per heavy atom. The molecule has 1 saturated heterocycles. The average molecular weight is 318 g/mol. The maximum absolute atomic E-state index is 5.79. The number of hydrogen-bond acceptors (Lipinski definition) is 3. The van der Waals surface area contributed by atoms with E-state index in [9.17, 15) is 0 Å². The third-order valence-corrected chi connectivity index (χ3v) is 3.62. The minimum atomic E-state index is 0.846. The first-order valence-corrected chi connectivity index (χ1v) is 6.17. The van der Waals surface area contributed by atoms with Crippen molar-refractivity contribution in [3.05, 3.63) is 27.3 Å². The van der Waals surface area contributed by atoms with Crippen LogP contribution in [-0.4, -0.2) is 31.2 Å². The molecule has 2 N–H and O–H groups in total. The summed E-state index contributed by atoms with van der Waals surface area (Å²) in [5, 5.41) is 0. The van der Waals surface area contributed by atoms with Gasteiger partial charge in [0.05, 0.1) is 13.2 Å². The third kappa shape index (κ3) is 3.06. The summed E-state index contributed by atoms with van der Waals surface area (Å²) in [6.07, 6.45) is 0. The molecular weight excluding hydrogens is 303 g/mol. The SMILES string of the molecule is Nc1ccc(I)c(CN2CCOCC2)c1. The van der Waals surface area contributed by atoms with Crippen LogP contribution in [0.5, 0.6) is 0 Å². The minimum Gasteiger partial charge on any atom is -0.399 e. The lowest BCUT2D eigenvalue weighted by atomic mass is 10.2. The first kappa shape index (κ1) is 11.2. The summed E-state index contributed by atoms with van der Waals surface area (Å²) in [5.41, 5.74) is 7.95. The highest BCUT2D eigenvalue weighted by Crippen LogP contribution is 2.18. The number of anilines is 1. The minimum absolute atomic E-state index is 0.846. The van der Waals surface area contributed by atoms with Crippen LogP contribution in [0.25, 0.3) is 0 Å². The van der Waals surface area contributed by atoms with Crippen molar-refractivity contribution in [1.82, 2.24) is 4.90 Å². The second-order valence-corrected chi connectivity index (χ2v) is 4.90. The summed E-state index contributed by atoms with van der Waals surface area (Å²) in [7, 11) is 0. The van der Waals surface area contributed by atoms with Crippen LogP contribution >= 0.6 is 22.6 Å². The quantitative estimate of drug-likeness (QED) is 0.666. The molecule has 0 unspecified atom stereocenters. The summed E-state index contributed by atoms with van der Waals surface area (Å²) >= 11 is 2.36. The van der Waals surface area contributed by atoms with Crippen LogP contribution in [-0.2, 0) is 11.3 Å². The molecular formula is C11H15IN2O. The molecule has 1 fully saturated rings. The normalized spacial score (nSPS) is 17.9. The molecule has 0 saturated carbocycles. The first-order valence-electron chi connectivity index (χ1n) is 5.10. The molecule has 0 aromatic heterocycles. The number of morpholine rings is 1. The number of benzene rings is 1. The van der Waals surface area contributed by atoms with Gasteiger partial charge in [0.1, 0.15) is 0 Å². The van der Waals surface area contributed by atoms with Crippen LogP contribution in [0.4, 0.5) is 5.69 Å². The molecule has 1 aliphatic heterocycles. The van der Waals surface area contributed by atoms with Gasteiger partial charge < -0.3 is 10.5 Å². The van der Waals surface area contributed by atoms with Gasteiger partial charge in [-0.3, -0.25) is 4.90 Å². The highest BCUT2D eigenvalue weighted by molar-refractivity contribution is 14.1. The van der Waals surface area contributed by atoms with Gasteiger partial charge in [-0.1, -0.05) is 0 Å². The van der Waals surface area contributed by atoms with Crippen LogP contribution in [0, 0.1) is 3.57 Å². The number of halogens is 1.